The van der Waals surface area contributed by atoms with Gasteiger partial charge in [-0.2, -0.15) is 5.10 Å². The molecule has 1 aliphatic heterocycles. The van der Waals surface area contributed by atoms with Gasteiger partial charge in [0.2, 0.25) is 11.8 Å². The first-order valence-electron chi connectivity index (χ1n) is 8.35. The average Bonchev–Trinajstić information content (AvgIpc) is 3.03. The van der Waals surface area contributed by atoms with E-state index in [1.54, 1.807) is 16.8 Å². The number of rotatable bonds is 4. The summed E-state index contributed by atoms with van der Waals surface area (Å²) in [5, 5.41) is 9.84. The predicted molar refractivity (Wildman–Crippen MR) is 96.3 cm³/mol. The molecule has 2 N–H and O–H groups in total. The topological polar surface area (TPSA) is 93.1 Å². The Morgan fingerprint density at radius 3 is 2.81 bits per heavy atom. The molecule has 2 heterocycles. The number of hydrogen-bond acceptors (Lipinski definition) is 4. The van der Waals surface area contributed by atoms with E-state index in [0.29, 0.717) is 10.6 Å². The number of piperidine rings is 1. The normalized spacial score (nSPS) is 17.3. The molecule has 7 nitrogen and oxygen atoms in total. The third kappa shape index (κ3) is 3.62. The Kier molecular flexibility index (Phi) is 5.08. The number of amides is 3. The fourth-order valence-corrected chi connectivity index (χ4v) is 3.15. The van der Waals surface area contributed by atoms with Gasteiger partial charge in [0, 0.05) is 11.4 Å². The van der Waals surface area contributed by atoms with Crippen LogP contribution >= 0.6 is 11.6 Å². The molecule has 1 fully saturated rings. The Balaban J connectivity index is 1.89. The zero-order valence-corrected chi connectivity index (χ0v) is 15.2. The molecule has 0 bridgehead atoms. The standard InChI is InChI=1S/C18H19ClN4O3/c1-10(2)16-13(9-20-23(16)12-5-3-4-11(19)8-12)17(25)21-14-6-7-15(24)22-18(14)26/h3-5,8-10,14H,6-7H2,1-2H3,(H,21,25)(H,22,24,26). The number of aromatic nitrogens is 2. The lowest BCUT2D eigenvalue weighted by Gasteiger charge is -2.22. The second-order valence-corrected chi connectivity index (χ2v) is 6.90. The molecular formula is C18H19ClN4O3. The van der Waals surface area contributed by atoms with Crippen molar-refractivity contribution in [3.05, 3.63) is 46.7 Å². The summed E-state index contributed by atoms with van der Waals surface area (Å²) >= 11 is 6.06. The number of carbonyl (C=O) groups excluding carboxylic acids is 3. The SMILES string of the molecule is CC(C)c1c(C(=O)NC2CCC(=O)NC2=O)cnn1-c1cccc(Cl)c1. The molecule has 2 aromatic rings. The summed E-state index contributed by atoms with van der Waals surface area (Å²) < 4.78 is 1.68. The minimum atomic E-state index is -0.727. The lowest BCUT2D eigenvalue weighted by molar-refractivity contribution is -0.134. The molecule has 1 saturated heterocycles. The molecular weight excluding hydrogens is 356 g/mol. The highest BCUT2D eigenvalue weighted by molar-refractivity contribution is 6.30. The summed E-state index contributed by atoms with van der Waals surface area (Å²) in [6, 6.07) is 6.47. The van der Waals surface area contributed by atoms with Crippen LogP contribution < -0.4 is 10.6 Å². The van der Waals surface area contributed by atoms with Crippen LogP contribution in [0.4, 0.5) is 0 Å². The van der Waals surface area contributed by atoms with Gasteiger partial charge in [-0.1, -0.05) is 31.5 Å². The minimum Gasteiger partial charge on any atom is -0.340 e. The van der Waals surface area contributed by atoms with Crippen LogP contribution in [0.3, 0.4) is 0 Å². The zero-order chi connectivity index (χ0) is 18.8. The molecule has 1 atom stereocenters. The van der Waals surface area contributed by atoms with Crippen molar-refractivity contribution in [2.24, 2.45) is 0 Å². The lowest BCUT2D eigenvalue weighted by atomic mass is 10.0. The number of halogens is 1. The van der Waals surface area contributed by atoms with E-state index in [1.165, 1.54) is 6.20 Å². The Morgan fingerprint density at radius 2 is 2.15 bits per heavy atom. The number of benzene rings is 1. The van der Waals surface area contributed by atoms with Gasteiger partial charge in [0.05, 0.1) is 23.1 Å². The predicted octanol–water partition coefficient (Wildman–Crippen LogP) is 2.18. The highest BCUT2D eigenvalue weighted by Gasteiger charge is 2.30. The maximum atomic E-state index is 12.7. The second-order valence-electron chi connectivity index (χ2n) is 6.47. The average molecular weight is 375 g/mol. The molecule has 0 saturated carbocycles. The van der Waals surface area contributed by atoms with E-state index in [-0.39, 0.29) is 24.7 Å². The minimum absolute atomic E-state index is 0.0130. The van der Waals surface area contributed by atoms with Crippen LogP contribution in [0, 0.1) is 0 Å². The molecule has 136 valence electrons. The Bertz CT molecular complexity index is 875. The quantitative estimate of drug-likeness (QED) is 0.802. The Morgan fingerprint density at radius 1 is 1.38 bits per heavy atom. The van der Waals surface area contributed by atoms with Crippen LogP contribution in [0.15, 0.2) is 30.5 Å². The van der Waals surface area contributed by atoms with Gasteiger partial charge in [-0.3, -0.25) is 19.7 Å². The van der Waals surface area contributed by atoms with Crippen LogP contribution in [0.5, 0.6) is 0 Å². The molecule has 1 aromatic heterocycles. The van der Waals surface area contributed by atoms with Crippen molar-refractivity contribution in [2.45, 2.75) is 38.6 Å². The third-order valence-electron chi connectivity index (χ3n) is 4.20. The first-order valence-corrected chi connectivity index (χ1v) is 8.73. The Hall–Kier alpha value is -2.67. The summed E-state index contributed by atoms with van der Waals surface area (Å²) in [7, 11) is 0. The molecule has 8 heteroatoms. The third-order valence-corrected chi connectivity index (χ3v) is 4.43. The fraction of sp³-hybridized carbons (Fsp3) is 0.333. The van der Waals surface area contributed by atoms with Crippen molar-refractivity contribution in [2.75, 3.05) is 0 Å². The van der Waals surface area contributed by atoms with Crippen molar-refractivity contribution in [1.29, 1.82) is 0 Å². The van der Waals surface area contributed by atoms with E-state index in [2.05, 4.69) is 15.7 Å². The van der Waals surface area contributed by atoms with Gasteiger partial charge in [0.15, 0.2) is 0 Å². The van der Waals surface area contributed by atoms with Crippen molar-refractivity contribution < 1.29 is 14.4 Å². The summed E-state index contributed by atoms with van der Waals surface area (Å²) in [5.41, 5.74) is 1.86. The second kappa shape index (κ2) is 7.29. The number of nitrogens with one attached hydrogen (secondary N) is 2. The highest BCUT2D eigenvalue weighted by Crippen LogP contribution is 2.24. The molecule has 0 radical (unpaired) electrons. The maximum absolute atomic E-state index is 12.7. The number of nitrogens with zero attached hydrogens (tertiary/aromatic N) is 2. The fourth-order valence-electron chi connectivity index (χ4n) is 2.97. The smallest absolute Gasteiger partial charge is 0.255 e. The van der Waals surface area contributed by atoms with Gasteiger partial charge in [-0.25, -0.2) is 4.68 Å². The molecule has 1 aromatic carbocycles. The first kappa shape index (κ1) is 18.1. The van der Waals surface area contributed by atoms with Crippen LogP contribution in [-0.2, 0) is 9.59 Å². The van der Waals surface area contributed by atoms with Crippen LogP contribution in [0.2, 0.25) is 5.02 Å². The molecule has 1 aliphatic rings. The molecule has 0 aliphatic carbocycles. The van der Waals surface area contributed by atoms with E-state index in [0.717, 1.165) is 11.4 Å². The van der Waals surface area contributed by atoms with E-state index in [1.807, 2.05) is 26.0 Å². The van der Waals surface area contributed by atoms with E-state index in [9.17, 15) is 14.4 Å². The maximum Gasteiger partial charge on any atom is 0.255 e. The monoisotopic (exact) mass is 374 g/mol. The van der Waals surface area contributed by atoms with Gasteiger partial charge < -0.3 is 5.32 Å². The van der Waals surface area contributed by atoms with Crippen molar-refractivity contribution in [3.8, 4) is 5.69 Å². The summed E-state index contributed by atoms with van der Waals surface area (Å²) in [4.78, 5) is 35.8. The molecule has 3 amide bonds. The van der Waals surface area contributed by atoms with Gasteiger partial charge >= 0.3 is 0 Å². The van der Waals surface area contributed by atoms with E-state index < -0.39 is 17.9 Å². The van der Waals surface area contributed by atoms with Crippen molar-refractivity contribution in [3.63, 3.8) is 0 Å². The molecule has 1 unspecified atom stereocenters. The van der Waals surface area contributed by atoms with Gasteiger partial charge in [-0.15, -0.1) is 0 Å². The van der Waals surface area contributed by atoms with Crippen molar-refractivity contribution >= 4 is 29.3 Å². The van der Waals surface area contributed by atoms with Gasteiger partial charge in [0.25, 0.3) is 5.91 Å². The molecule has 26 heavy (non-hydrogen) atoms. The largest absolute Gasteiger partial charge is 0.340 e. The zero-order valence-electron chi connectivity index (χ0n) is 14.5. The molecule has 3 rings (SSSR count). The Labute approximate surface area is 155 Å². The van der Waals surface area contributed by atoms with Crippen molar-refractivity contribution in [1.82, 2.24) is 20.4 Å². The number of hydrogen-bond donors (Lipinski definition) is 2. The van der Waals surface area contributed by atoms with Crippen LogP contribution in [0.1, 0.15) is 48.7 Å². The van der Waals surface area contributed by atoms with Gasteiger partial charge in [0.1, 0.15) is 6.04 Å². The van der Waals surface area contributed by atoms with E-state index >= 15 is 0 Å². The highest BCUT2D eigenvalue weighted by atomic mass is 35.5. The first-order chi connectivity index (χ1) is 12.4. The van der Waals surface area contributed by atoms with Crippen LogP contribution in [-0.4, -0.2) is 33.5 Å². The number of carbonyl (C=O) groups is 3. The summed E-state index contributed by atoms with van der Waals surface area (Å²) in [6.07, 6.45) is 1.98. The van der Waals surface area contributed by atoms with Crippen LogP contribution in [0.25, 0.3) is 5.69 Å². The van der Waals surface area contributed by atoms with Gasteiger partial charge in [-0.05, 0) is 30.5 Å². The number of imide groups is 1. The van der Waals surface area contributed by atoms with E-state index in [4.69, 9.17) is 11.6 Å². The summed E-state index contributed by atoms with van der Waals surface area (Å²) in [6.45, 7) is 3.92. The lowest BCUT2D eigenvalue weighted by Crippen LogP contribution is -2.52. The molecule has 0 spiro atoms. The summed E-state index contributed by atoms with van der Waals surface area (Å²) in [5.74, 6) is -1.18.